The van der Waals surface area contributed by atoms with Crippen LogP contribution in [0.15, 0.2) is 24.4 Å². The molecule has 0 radical (unpaired) electrons. The molecule has 2 heterocycles. The first kappa shape index (κ1) is 14.5. The number of carbonyl (C=O) groups excluding carboxylic acids is 2. The summed E-state index contributed by atoms with van der Waals surface area (Å²) in [4.78, 5) is 30.2. The molecule has 1 aromatic carbocycles. The summed E-state index contributed by atoms with van der Waals surface area (Å²) in [6.45, 7) is 4.37. The largest absolute Gasteiger partial charge is 0.457 e. The summed E-state index contributed by atoms with van der Waals surface area (Å²) >= 11 is 1.40. The lowest BCUT2D eigenvalue weighted by Crippen LogP contribution is -2.31. The van der Waals surface area contributed by atoms with E-state index >= 15 is 0 Å². The molecule has 2 N–H and O–H groups in total. The number of urea groups is 1. The minimum atomic E-state index is -0.643. The van der Waals surface area contributed by atoms with Gasteiger partial charge in [0.2, 0.25) is 0 Å². The standard InChI is InChI=1S/C15H15N3O3S/c1-8(2)12-6-17-15(22-12)18(14(16)20)10-4-3-9-7-21-13(19)11(9)5-10/h3-6,8H,7H2,1-2H3,(H2,16,20). The first-order chi connectivity index (χ1) is 10.5. The maximum atomic E-state index is 11.9. The van der Waals surface area contributed by atoms with Crippen molar-refractivity contribution in [1.82, 2.24) is 4.98 Å². The van der Waals surface area contributed by atoms with E-state index in [1.165, 1.54) is 16.2 Å². The summed E-state index contributed by atoms with van der Waals surface area (Å²) in [6.07, 6.45) is 1.74. The van der Waals surface area contributed by atoms with Gasteiger partial charge >= 0.3 is 12.0 Å². The zero-order valence-corrected chi connectivity index (χ0v) is 13.0. The Bertz CT molecular complexity index is 754. The summed E-state index contributed by atoms with van der Waals surface area (Å²) in [5, 5.41) is 0.488. The second kappa shape index (κ2) is 5.42. The fourth-order valence-electron chi connectivity index (χ4n) is 2.22. The highest BCUT2D eigenvalue weighted by Crippen LogP contribution is 2.34. The Balaban J connectivity index is 2.03. The Kier molecular flexibility index (Phi) is 3.58. The van der Waals surface area contributed by atoms with E-state index in [9.17, 15) is 9.59 Å². The van der Waals surface area contributed by atoms with Crippen molar-refractivity contribution in [3.63, 3.8) is 0 Å². The van der Waals surface area contributed by atoms with Gasteiger partial charge in [-0.1, -0.05) is 19.9 Å². The number of benzene rings is 1. The summed E-state index contributed by atoms with van der Waals surface area (Å²) in [6, 6.07) is 4.48. The summed E-state index contributed by atoms with van der Waals surface area (Å²) in [7, 11) is 0. The summed E-state index contributed by atoms with van der Waals surface area (Å²) in [5.41, 5.74) is 7.28. The predicted octanol–water partition coefficient (Wildman–Crippen LogP) is 3.15. The average Bonchev–Trinajstić information content (AvgIpc) is 3.07. The van der Waals surface area contributed by atoms with E-state index in [4.69, 9.17) is 10.5 Å². The van der Waals surface area contributed by atoms with Gasteiger partial charge in [-0.2, -0.15) is 0 Å². The molecule has 0 atom stereocenters. The van der Waals surface area contributed by atoms with Crippen LogP contribution >= 0.6 is 11.3 Å². The van der Waals surface area contributed by atoms with Crippen molar-refractivity contribution in [2.45, 2.75) is 26.4 Å². The number of nitrogens with two attached hydrogens (primary N) is 1. The van der Waals surface area contributed by atoms with Gasteiger partial charge in [-0.15, -0.1) is 11.3 Å². The van der Waals surface area contributed by atoms with Crippen LogP contribution < -0.4 is 10.6 Å². The number of ether oxygens (including phenoxy) is 1. The van der Waals surface area contributed by atoms with Crippen LogP contribution in [0.4, 0.5) is 15.6 Å². The molecule has 2 aromatic rings. The average molecular weight is 317 g/mol. The lowest BCUT2D eigenvalue weighted by atomic mass is 10.1. The highest BCUT2D eigenvalue weighted by atomic mass is 32.1. The van der Waals surface area contributed by atoms with E-state index in [-0.39, 0.29) is 12.6 Å². The van der Waals surface area contributed by atoms with Crippen molar-refractivity contribution in [3.8, 4) is 0 Å². The van der Waals surface area contributed by atoms with Crippen LogP contribution in [0.5, 0.6) is 0 Å². The van der Waals surface area contributed by atoms with Gasteiger partial charge in [0.1, 0.15) is 6.61 Å². The molecule has 0 bridgehead atoms. The van der Waals surface area contributed by atoms with E-state index in [0.29, 0.717) is 22.3 Å². The molecular formula is C15H15N3O3S. The van der Waals surface area contributed by atoms with E-state index in [1.54, 1.807) is 24.4 Å². The molecule has 0 unspecified atom stereocenters. The minimum absolute atomic E-state index is 0.264. The normalized spacial score (nSPS) is 13.1. The number of nitrogens with zero attached hydrogens (tertiary/aromatic N) is 2. The fourth-order valence-corrected chi connectivity index (χ4v) is 3.16. The number of amides is 2. The zero-order chi connectivity index (χ0) is 15.9. The van der Waals surface area contributed by atoms with Crippen molar-refractivity contribution < 1.29 is 14.3 Å². The first-order valence-electron chi connectivity index (χ1n) is 6.82. The lowest BCUT2D eigenvalue weighted by molar-refractivity contribution is 0.0535. The molecular weight excluding hydrogens is 302 g/mol. The van der Waals surface area contributed by atoms with Crippen LogP contribution in [0.25, 0.3) is 0 Å². The van der Waals surface area contributed by atoms with Crippen molar-refractivity contribution in [2.24, 2.45) is 5.73 Å². The van der Waals surface area contributed by atoms with Crippen LogP contribution in [-0.2, 0) is 11.3 Å². The van der Waals surface area contributed by atoms with Crippen molar-refractivity contribution >= 4 is 34.2 Å². The number of rotatable bonds is 3. The number of carbonyl (C=O) groups is 2. The van der Waals surface area contributed by atoms with Crippen LogP contribution in [0.1, 0.15) is 40.6 Å². The van der Waals surface area contributed by atoms with Gasteiger partial charge in [-0.05, 0) is 18.1 Å². The predicted molar refractivity (Wildman–Crippen MR) is 83.5 cm³/mol. The van der Waals surface area contributed by atoms with Crippen molar-refractivity contribution in [3.05, 3.63) is 40.4 Å². The molecule has 0 saturated heterocycles. The first-order valence-corrected chi connectivity index (χ1v) is 7.64. The van der Waals surface area contributed by atoms with E-state index < -0.39 is 6.03 Å². The number of primary amides is 1. The van der Waals surface area contributed by atoms with Crippen molar-refractivity contribution in [1.29, 1.82) is 0 Å². The van der Waals surface area contributed by atoms with Crippen LogP contribution in [0.3, 0.4) is 0 Å². The molecule has 0 spiro atoms. The van der Waals surface area contributed by atoms with E-state index in [2.05, 4.69) is 18.8 Å². The summed E-state index contributed by atoms with van der Waals surface area (Å²) in [5.74, 6) is -0.0701. The Morgan fingerprint density at radius 2 is 2.23 bits per heavy atom. The molecule has 3 rings (SSSR count). The molecule has 22 heavy (non-hydrogen) atoms. The number of hydrogen-bond acceptors (Lipinski definition) is 5. The molecule has 1 aliphatic rings. The molecule has 6 nitrogen and oxygen atoms in total. The molecule has 1 aromatic heterocycles. The highest BCUT2D eigenvalue weighted by Gasteiger charge is 2.25. The zero-order valence-electron chi connectivity index (χ0n) is 12.2. The van der Waals surface area contributed by atoms with E-state index in [1.807, 2.05) is 0 Å². The number of hydrogen-bond donors (Lipinski definition) is 1. The molecule has 0 saturated carbocycles. The van der Waals surface area contributed by atoms with Crippen LogP contribution in [-0.4, -0.2) is 17.0 Å². The quantitative estimate of drug-likeness (QED) is 0.881. The Morgan fingerprint density at radius 1 is 1.45 bits per heavy atom. The molecule has 2 amide bonds. The van der Waals surface area contributed by atoms with Crippen LogP contribution in [0.2, 0.25) is 0 Å². The molecule has 7 heteroatoms. The van der Waals surface area contributed by atoms with Gasteiger partial charge in [-0.3, -0.25) is 0 Å². The highest BCUT2D eigenvalue weighted by molar-refractivity contribution is 7.15. The minimum Gasteiger partial charge on any atom is -0.457 e. The molecule has 0 fully saturated rings. The molecule has 0 aliphatic carbocycles. The Morgan fingerprint density at radius 3 is 2.86 bits per heavy atom. The third kappa shape index (κ3) is 2.43. The maximum Gasteiger partial charge on any atom is 0.338 e. The lowest BCUT2D eigenvalue weighted by Gasteiger charge is -2.17. The Labute approximate surface area is 131 Å². The molecule has 1 aliphatic heterocycles. The second-order valence-electron chi connectivity index (χ2n) is 5.29. The fraction of sp³-hybridized carbons (Fsp3) is 0.267. The van der Waals surface area contributed by atoms with E-state index in [0.717, 1.165) is 10.4 Å². The van der Waals surface area contributed by atoms with Gasteiger partial charge in [0.25, 0.3) is 0 Å². The smallest absolute Gasteiger partial charge is 0.338 e. The third-order valence-corrected chi connectivity index (χ3v) is 4.71. The number of fused-ring (bicyclic) bond motifs is 1. The van der Waals surface area contributed by atoms with Gasteiger partial charge in [0.15, 0.2) is 5.13 Å². The third-order valence-electron chi connectivity index (χ3n) is 3.42. The molecule has 114 valence electrons. The van der Waals surface area contributed by atoms with Crippen molar-refractivity contribution in [2.75, 3.05) is 4.90 Å². The maximum absolute atomic E-state index is 11.9. The monoisotopic (exact) mass is 317 g/mol. The number of aromatic nitrogens is 1. The van der Waals surface area contributed by atoms with Gasteiger partial charge in [-0.25, -0.2) is 19.5 Å². The summed E-state index contributed by atoms with van der Waals surface area (Å²) < 4.78 is 4.97. The number of esters is 1. The Hall–Kier alpha value is -2.41. The van der Waals surface area contributed by atoms with Gasteiger partial charge in [0, 0.05) is 16.6 Å². The van der Waals surface area contributed by atoms with Gasteiger partial charge < -0.3 is 10.5 Å². The van der Waals surface area contributed by atoms with Gasteiger partial charge in [0.05, 0.1) is 11.3 Å². The number of thiazole rings is 1. The van der Waals surface area contributed by atoms with Crippen LogP contribution in [0, 0.1) is 0 Å². The topological polar surface area (TPSA) is 85.5 Å². The second-order valence-corrected chi connectivity index (χ2v) is 6.33. The SMILES string of the molecule is CC(C)c1cnc(N(C(N)=O)c2ccc3c(c2)C(=O)OC3)s1. The number of cyclic esters (lactones) is 1. The number of anilines is 2.